The second-order valence-corrected chi connectivity index (χ2v) is 4.97. The molecule has 0 amide bonds. The minimum Gasteiger partial charge on any atom is -0.233 e. The first-order valence-electron chi connectivity index (χ1n) is 6.31. The summed E-state index contributed by atoms with van der Waals surface area (Å²) in [6, 6.07) is 8.68. The molecule has 0 N–H and O–H groups in total. The Hall–Kier alpha value is -2.08. The molecule has 0 atom stereocenters. The molecule has 0 spiro atoms. The first kappa shape index (κ1) is 14.8. The van der Waals surface area contributed by atoms with E-state index in [1.807, 2.05) is 0 Å². The maximum Gasteiger partial charge on any atom is 0.416 e. The van der Waals surface area contributed by atoms with Gasteiger partial charge < -0.3 is 0 Å². The molecule has 2 aromatic carbocycles. The van der Waals surface area contributed by atoms with E-state index in [1.165, 1.54) is 35.0 Å². The summed E-state index contributed by atoms with van der Waals surface area (Å²) in [7, 11) is 0. The lowest BCUT2D eigenvalue weighted by Crippen LogP contribution is -2.05. The van der Waals surface area contributed by atoms with Crippen molar-refractivity contribution in [3.05, 3.63) is 59.5 Å². The molecule has 3 rings (SSSR count). The number of hydrogen-bond acceptors (Lipinski definition) is 1. The molecule has 114 valence electrons. The Kier molecular flexibility index (Phi) is 3.56. The van der Waals surface area contributed by atoms with Crippen molar-refractivity contribution in [2.45, 2.75) is 12.1 Å². The monoisotopic (exact) mass is 328 g/mol. The molecule has 1 heterocycles. The van der Waals surface area contributed by atoms with Crippen molar-refractivity contribution in [1.82, 2.24) is 9.78 Å². The zero-order chi connectivity index (χ0) is 15.9. The maximum absolute atomic E-state index is 13.3. The van der Waals surface area contributed by atoms with Gasteiger partial charge in [0.25, 0.3) is 0 Å². The normalized spacial score (nSPS) is 12.0. The number of halogens is 5. The van der Waals surface area contributed by atoms with E-state index in [4.69, 9.17) is 11.6 Å². The number of alkyl halides is 4. The molecule has 0 aliphatic heterocycles. The van der Waals surface area contributed by atoms with Crippen LogP contribution in [0.1, 0.15) is 11.3 Å². The fourth-order valence-electron chi connectivity index (χ4n) is 2.24. The van der Waals surface area contributed by atoms with Gasteiger partial charge in [-0.25, -0.2) is 9.07 Å². The number of benzene rings is 2. The molecule has 3 aromatic rings. The van der Waals surface area contributed by atoms with Gasteiger partial charge in [-0.15, -0.1) is 11.6 Å². The molecule has 0 radical (unpaired) electrons. The number of fused-ring (bicyclic) bond motifs is 1. The standard InChI is InChI=1S/C15H9ClF4N2/c16-8-13-12-7-10(17)3-6-14(12)22(21-13)11-4-1-9(2-5-11)15(18,19)20/h1-7H,8H2. The fraction of sp³-hybridized carbons (Fsp3) is 0.133. The Morgan fingerprint density at radius 2 is 1.73 bits per heavy atom. The van der Waals surface area contributed by atoms with E-state index in [9.17, 15) is 17.6 Å². The lowest BCUT2D eigenvalue weighted by Gasteiger charge is -2.08. The van der Waals surface area contributed by atoms with Crippen molar-refractivity contribution in [2.75, 3.05) is 0 Å². The van der Waals surface area contributed by atoms with Crippen LogP contribution >= 0.6 is 11.6 Å². The molecule has 0 aliphatic carbocycles. The van der Waals surface area contributed by atoms with Crippen LogP contribution in [0.25, 0.3) is 16.6 Å². The first-order chi connectivity index (χ1) is 10.4. The van der Waals surface area contributed by atoms with Crippen LogP contribution in [0.2, 0.25) is 0 Å². The van der Waals surface area contributed by atoms with Gasteiger partial charge in [-0.05, 0) is 42.5 Å². The summed E-state index contributed by atoms with van der Waals surface area (Å²) in [6.45, 7) is 0. The molecule has 22 heavy (non-hydrogen) atoms. The van der Waals surface area contributed by atoms with Gasteiger partial charge in [-0.3, -0.25) is 0 Å². The van der Waals surface area contributed by atoms with Crippen LogP contribution in [0.3, 0.4) is 0 Å². The van der Waals surface area contributed by atoms with Gasteiger partial charge in [0.15, 0.2) is 0 Å². The second-order valence-electron chi connectivity index (χ2n) is 4.70. The zero-order valence-electron chi connectivity index (χ0n) is 11.0. The topological polar surface area (TPSA) is 17.8 Å². The average molecular weight is 329 g/mol. The van der Waals surface area contributed by atoms with E-state index in [1.54, 1.807) is 0 Å². The predicted molar refractivity (Wildman–Crippen MR) is 75.6 cm³/mol. The quantitative estimate of drug-likeness (QED) is 0.482. The van der Waals surface area contributed by atoms with E-state index >= 15 is 0 Å². The highest BCUT2D eigenvalue weighted by Gasteiger charge is 2.30. The van der Waals surface area contributed by atoms with Crippen molar-refractivity contribution in [2.24, 2.45) is 0 Å². The van der Waals surface area contributed by atoms with Crippen LogP contribution in [0, 0.1) is 5.82 Å². The Morgan fingerprint density at radius 3 is 2.32 bits per heavy atom. The van der Waals surface area contributed by atoms with Crippen molar-refractivity contribution in [1.29, 1.82) is 0 Å². The van der Waals surface area contributed by atoms with Crippen LogP contribution in [-0.2, 0) is 12.1 Å². The largest absolute Gasteiger partial charge is 0.416 e. The fourth-order valence-corrected chi connectivity index (χ4v) is 2.44. The second kappa shape index (κ2) is 5.28. The Morgan fingerprint density at radius 1 is 1.05 bits per heavy atom. The molecular weight excluding hydrogens is 320 g/mol. The van der Waals surface area contributed by atoms with Gasteiger partial charge in [0, 0.05) is 5.39 Å². The van der Waals surface area contributed by atoms with Gasteiger partial charge in [0.1, 0.15) is 5.82 Å². The SMILES string of the molecule is Fc1ccc2c(c1)c(CCl)nn2-c1ccc(C(F)(F)F)cc1. The molecule has 1 aromatic heterocycles. The lowest BCUT2D eigenvalue weighted by atomic mass is 10.2. The predicted octanol–water partition coefficient (Wildman–Crippen LogP) is 4.92. The van der Waals surface area contributed by atoms with Gasteiger partial charge >= 0.3 is 6.18 Å². The third-order valence-corrected chi connectivity index (χ3v) is 3.54. The molecule has 7 heteroatoms. The number of hydrogen-bond donors (Lipinski definition) is 0. The number of nitrogens with zero attached hydrogens (tertiary/aromatic N) is 2. The molecule has 0 aliphatic rings. The highest BCUT2D eigenvalue weighted by molar-refractivity contribution is 6.17. The molecule has 0 bridgehead atoms. The van der Waals surface area contributed by atoms with Crippen molar-refractivity contribution >= 4 is 22.5 Å². The van der Waals surface area contributed by atoms with E-state index in [2.05, 4.69) is 5.10 Å². The van der Waals surface area contributed by atoms with Crippen LogP contribution < -0.4 is 0 Å². The first-order valence-corrected chi connectivity index (χ1v) is 6.84. The molecule has 0 unspecified atom stereocenters. The minimum absolute atomic E-state index is 0.0770. The third kappa shape index (κ3) is 2.54. The van der Waals surface area contributed by atoms with Gasteiger partial charge in [-0.2, -0.15) is 18.3 Å². The van der Waals surface area contributed by atoms with E-state index in [0.717, 1.165) is 12.1 Å². The van der Waals surface area contributed by atoms with E-state index < -0.39 is 17.6 Å². The zero-order valence-corrected chi connectivity index (χ0v) is 11.8. The smallest absolute Gasteiger partial charge is 0.233 e. The summed E-state index contributed by atoms with van der Waals surface area (Å²) in [5, 5.41) is 4.78. The summed E-state index contributed by atoms with van der Waals surface area (Å²) >= 11 is 5.80. The Bertz CT molecular complexity index is 822. The Balaban J connectivity index is 2.14. The van der Waals surface area contributed by atoms with Crippen LogP contribution in [0.5, 0.6) is 0 Å². The van der Waals surface area contributed by atoms with Gasteiger partial charge in [0.05, 0.1) is 28.3 Å². The summed E-state index contributed by atoms with van der Waals surface area (Å²) in [5.41, 5.74) is 0.755. The minimum atomic E-state index is -4.39. The van der Waals surface area contributed by atoms with E-state index in [-0.39, 0.29) is 5.88 Å². The summed E-state index contributed by atoms with van der Waals surface area (Å²) < 4.78 is 52.6. The molecular formula is C15H9ClF4N2. The lowest BCUT2D eigenvalue weighted by molar-refractivity contribution is -0.137. The maximum atomic E-state index is 13.3. The molecule has 0 saturated carbocycles. The Labute approximate surface area is 127 Å². The molecule has 2 nitrogen and oxygen atoms in total. The van der Waals surface area contributed by atoms with Crippen molar-refractivity contribution < 1.29 is 17.6 Å². The number of aromatic nitrogens is 2. The summed E-state index contributed by atoms with van der Waals surface area (Å²) in [4.78, 5) is 0. The molecule has 0 saturated heterocycles. The number of rotatable bonds is 2. The van der Waals surface area contributed by atoms with Crippen LogP contribution in [0.4, 0.5) is 17.6 Å². The van der Waals surface area contributed by atoms with Gasteiger partial charge in [0.2, 0.25) is 0 Å². The van der Waals surface area contributed by atoms with Gasteiger partial charge in [-0.1, -0.05) is 0 Å². The average Bonchev–Trinajstić information content (AvgIpc) is 2.84. The summed E-state index contributed by atoms with van der Waals surface area (Å²) in [5.74, 6) is -0.348. The third-order valence-electron chi connectivity index (χ3n) is 3.28. The highest BCUT2D eigenvalue weighted by Crippen LogP contribution is 2.30. The van der Waals surface area contributed by atoms with Crippen molar-refractivity contribution in [3.63, 3.8) is 0 Å². The van der Waals surface area contributed by atoms with Crippen molar-refractivity contribution in [3.8, 4) is 5.69 Å². The van der Waals surface area contributed by atoms with Crippen LogP contribution in [-0.4, -0.2) is 9.78 Å². The molecule has 0 fully saturated rings. The highest BCUT2D eigenvalue weighted by atomic mass is 35.5. The summed E-state index contributed by atoms with van der Waals surface area (Å²) in [6.07, 6.45) is -4.39. The van der Waals surface area contributed by atoms with E-state index in [0.29, 0.717) is 22.3 Å². The van der Waals surface area contributed by atoms with Crippen LogP contribution in [0.15, 0.2) is 42.5 Å².